The fourth-order valence-corrected chi connectivity index (χ4v) is 4.73. The van der Waals surface area contributed by atoms with Crippen LogP contribution in [0.4, 0.5) is 5.13 Å². The number of thiazole rings is 1. The number of aryl methyl sites for hydroxylation is 2. The molecule has 0 saturated heterocycles. The largest absolute Gasteiger partial charge is 0.360 e. The van der Waals surface area contributed by atoms with Gasteiger partial charge in [-0.05, 0) is 26.0 Å². The van der Waals surface area contributed by atoms with Gasteiger partial charge in [0.15, 0.2) is 5.13 Å². The number of anilines is 1. The Morgan fingerprint density at radius 2 is 2.07 bits per heavy atom. The van der Waals surface area contributed by atoms with Crippen molar-refractivity contribution in [3.8, 4) is 17.3 Å². The minimum Gasteiger partial charge on any atom is -0.360 e. The van der Waals surface area contributed by atoms with Gasteiger partial charge in [0.1, 0.15) is 17.0 Å². The van der Waals surface area contributed by atoms with E-state index in [2.05, 4.69) is 21.5 Å². The van der Waals surface area contributed by atoms with Gasteiger partial charge in [0, 0.05) is 5.56 Å². The quantitative estimate of drug-likeness (QED) is 0.521. The van der Waals surface area contributed by atoms with E-state index in [9.17, 15) is 4.79 Å². The molecular formula is C17H12Cl2N4O2S2. The van der Waals surface area contributed by atoms with Gasteiger partial charge in [0.05, 0.1) is 31.8 Å². The second-order valence-electron chi connectivity index (χ2n) is 5.35. The number of benzene rings is 1. The standard InChI is InChI=1S/C17H12Cl2N4O2S2/c1-8-16(26-7-6-20)27-17(21-8)22-15(24)12-9(2)25-23-14(12)13-10(18)4-3-5-11(13)19/h3-5H,7H2,1-2H3,(H,21,22,24). The molecule has 0 aliphatic carbocycles. The molecule has 10 heteroatoms. The zero-order valence-corrected chi connectivity index (χ0v) is 17.3. The monoisotopic (exact) mass is 438 g/mol. The lowest BCUT2D eigenvalue weighted by molar-refractivity contribution is 0.102. The van der Waals surface area contributed by atoms with E-state index in [4.69, 9.17) is 33.0 Å². The van der Waals surface area contributed by atoms with E-state index in [1.807, 2.05) is 6.92 Å². The van der Waals surface area contributed by atoms with Crippen LogP contribution in [0.3, 0.4) is 0 Å². The van der Waals surface area contributed by atoms with Crippen LogP contribution in [0.15, 0.2) is 26.9 Å². The summed E-state index contributed by atoms with van der Waals surface area (Å²) in [5, 5.41) is 16.6. The maximum Gasteiger partial charge on any atom is 0.263 e. The number of halogens is 2. The lowest BCUT2D eigenvalue weighted by Crippen LogP contribution is -2.13. The molecule has 3 rings (SSSR count). The molecule has 0 atom stereocenters. The van der Waals surface area contributed by atoms with Gasteiger partial charge in [-0.3, -0.25) is 10.1 Å². The number of thioether (sulfide) groups is 1. The van der Waals surface area contributed by atoms with E-state index in [1.54, 1.807) is 25.1 Å². The lowest BCUT2D eigenvalue weighted by atomic mass is 10.1. The third kappa shape index (κ3) is 4.12. The Bertz CT molecular complexity index is 1040. The van der Waals surface area contributed by atoms with Crippen molar-refractivity contribution in [3.05, 3.63) is 45.3 Å². The number of rotatable bonds is 5. The lowest BCUT2D eigenvalue weighted by Gasteiger charge is -2.06. The summed E-state index contributed by atoms with van der Waals surface area (Å²) in [4.78, 5) is 17.2. The van der Waals surface area contributed by atoms with Crippen LogP contribution in [0.5, 0.6) is 0 Å². The normalized spacial score (nSPS) is 10.6. The van der Waals surface area contributed by atoms with Crippen molar-refractivity contribution in [2.75, 3.05) is 11.1 Å². The van der Waals surface area contributed by atoms with Crippen LogP contribution in [0.1, 0.15) is 21.8 Å². The maximum absolute atomic E-state index is 12.9. The van der Waals surface area contributed by atoms with Crippen LogP contribution in [-0.4, -0.2) is 21.8 Å². The summed E-state index contributed by atoms with van der Waals surface area (Å²) in [5.41, 5.74) is 1.70. The Morgan fingerprint density at radius 3 is 2.74 bits per heavy atom. The summed E-state index contributed by atoms with van der Waals surface area (Å²) >= 11 is 15.2. The number of nitriles is 1. The minimum atomic E-state index is -0.426. The van der Waals surface area contributed by atoms with E-state index in [0.29, 0.717) is 32.3 Å². The molecule has 0 aliphatic rings. The van der Waals surface area contributed by atoms with Crippen molar-refractivity contribution < 1.29 is 9.32 Å². The van der Waals surface area contributed by atoms with Crippen molar-refractivity contribution in [1.82, 2.24) is 10.1 Å². The Kier molecular flexibility index (Phi) is 6.07. The fraction of sp³-hybridized carbons (Fsp3) is 0.176. The Balaban J connectivity index is 1.93. The van der Waals surface area contributed by atoms with Gasteiger partial charge in [-0.2, -0.15) is 5.26 Å². The van der Waals surface area contributed by atoms with Gasteiger partial charge in [-0.1, -0.05) is 57.5 Å². The van der Waals surface area contributed by atoms with Crippen LogP contribution in [0.25, 0.3) is 11.3 Å². The molecule has 3 aromatic rings. The number of nitrogens with one attached hydrogen (secondary N) is 1. The Labute approximate surface area is 173 Å². The zero-order valence-electron chi connectivity index (χ0n) is 14.2. The predicted molar refractivity (Wildman–Crippen MR) is 108 cm³/mol. The molecule has 27 heavy (non-hydrogen) atoms. The molecular weight excluding hydrogens is 427 g/mol. The van der Waals surface area contributed by atoms with Crippen molar-refractivity contribution in [3.63, 3.8) is 0 Å². The number of amides is 1. The minimum absolute atomic E-state index is 0.240. The Hall–Kier alpha value is -2.05. The van der Waals surface area contributed by atoms with Crippen molar-refractivity contribution in [2.45, 2.75) is 18.1 Å². The third-order valence-electron chi connectivity index (χ3n) is 3.53. The number of aromatic nitrogens is 2. The molecule has 6 nitrogen and oxygen atoms in total. The first-order chi connectivity index (χ1) is 12.9. The second kappa shape index (κ2) is 8.31. The highest BCUT2D eigenvalue weighted by molar-refractivity contribution is 8.01. The SMILES string of the molecule is Cc1nc(NC(=O)c2c(-c3c(Cl)cccc3Cl)noc2C)sc1SCC#N. The summed E-state index contributed by atoms with van der Waals surface area (Å²) < 4.78 is 6.09. The molecule has 1 N–H and O–H groups in total. The highest BCUT2D eigenvalue weighted by Gasteiger charge is 2.25. The van der Waals surface area contributed by atoms with Gasteiger partial charge in [0.2, 0.25) is 0 Å². The average Bonchev–Trinajstić information content (AvgIpc) is 3.15. The molecule has 2 heterocycles. The number of hydrogen-bond donors (Lipinski definition) is 1. The second-order valence-corrected chi connectivity index (χ2v) is 8.41. The van der Waals surface area contributed by atoms with Gasteiger partial charge < -0.3 is 4.52 Å². The molecule has 0 saturated carbocycles. The van der Waals surface area contributed by atoms with Crippen LogP contribution < -0.4 is 5.32 Å². The number of carbonyl (C=O) groups is 1. The van der Waals surface area contributed by atoms with E-state index in [-0.39, 0.29) is 11.3 Å². The van der Waals surface area contributed by atoms with Crippen LogP contribution >= 0.6 is 46.3 Å². The molecule has 0 aliphatic heterocycles. The van der Waals surface area contributed by atoms with Crippen LogP contribution in [0, 0.1) is 25.2 Å². The summed E-state index contributed by atoms with van der Waals surface area (Å²) in [6, 6.07) is 7.10. The van der Waals surface area contributed by atoms with Crippen molar-refractivity contribution in [2.24, 2.45) is 0 Å². The Morgan fingerprint density at radius 1 is 1.37 bits per heavy atom. The first kappa shape index (κ1) is 19.7. The molecule has 0 unspecified atom stereocenters. The smallest absolute Gasteiger partial charge is 0.263 e. The summed E-state index contributed by atoms with van der Waals surface area (Å²) in [5.74, 6) is 0.229. The molecule has 1 aromatic carbocycles. The van der Waals surface area contributed by atoms with Crippen molar-refractivity contribution in [1.29, 1.82) is 5.26 Å². The van der Waals surface area contributed by atoms with Crippen LogP contribution in [-0.2, 0) is 0 Å². The fourth-order valence-electron chi connectivity index (χ4n) is 2.36. The molecule has 0 bridgehead atoms. The third-order valence-corrected chi connectivity index (χ3v) is 6.46. The highest BCUT2D eigenvalue weighted by Crippen LogP contribution is 2.37. The number of hydrogen-bond acceptors (Lipinski definition) is 7. The zero-order chi connectivity index (χ0) is 19.6. The topological polar surface area (TPSA) is 91.8 Å². The first-order valence-corrected chi connectivity index (χ1v) is 10.2. The summed E-state index contributed by atoms with van der Waals surface area (Å²) in [7, 11) is 0. The van der Waals surface area contributed by atoms with E-state index >= 15 is 0 Å². The molecule has 0 radical (unpaired) electrons. The molecule has 0 spiro atoms. The van der Waals surface area contributed by atoms with E-state index in [0.717, 1.165) is 9.90 Å². The van der Waals surface area contributed by atoms with Gasteiger partial charge in [-0.25, -0.2) is 4.98 Å². The van der Waals surface area contributed by atoms with E-state index in [1.165, 1.54) is 23.1 Å². The van der Waals surface area contributed by atoms with Gasteiger partial charge in [-0.15, -0.1) is 0 Å². The van der Waals surface area contributed by atoms with Gasteiger partial charge >= 0.3 is 0 Å². The highest BCUT2D eigenvalue weighted by atomic mass is 35.5. The van der Waals surface area contributed by atoms with Crippen molar-refractivity contribution >= 4 is 57.3 Å². The van der Waals surface area contributed by atoms with E-state index < -0.39 is 5.91 Å². The van der Waals surface area contributed by atoms with Gasteiger partial charge in [0.25, 0.3) is 5.91 Å². The predicted octanol–water partition coefficient (Wildman–Crippen LogP) is 5.59. The summed E-state index contributed by atoms with van der Waals surface area (Å²) in [6.07, 6.45) is 0. The molecule has 138 valence electrons. The average molecular weight is 439 g/mol. The molecule has 2 aromatic heterocycles. The molecule has 0 fully saturated rings. The first-order valence-electron chi connectivity index (χ1n) is 7.61. The summed E-state index contributed by atoms with van der Waals surface area (Å²) in [6.45, 7) is 3.46. The number of carbonyl (C=O) groups excluding carboxylic acids is 1. The molecule has 1 amide bonds. The van der Waals surface area contributed by atoms with Crippen LogP contribution in [0.2, 0.25) is 10.0 Å². The maximum atomic E-state index is 12.9. The number of nitrogens with zero attached hydrogens (tertiary/aromatic N) is 3.